The summed E-state index contributed by atoms with van der Waals surface area (Å²) in [5.74, 6) is -1.69. The number of aliphatic carboxylic acids is 1. The minimum Gasteiger partial charge on any atom is -0.479 e. The van der Waals surface area contributed by atoms with Gasteiger partial charge in [0.15, 0.2) is 6.10 Å². The molecule has 0 aliphatic heterocycles. The van der Waals surface area contributed by atoms with Gasteiger partial charge in [-0.2, -0.15) is 0 Å². The second-order valence-corrected chi connectivity index (χ2v) is 4.47. The molecule has 1 atom stereocenters. The molecule has 0 fully saturated rings. The van der Waals surface area contributed by atoms with Crippen molar-refractivity contribution in [3.05, 3.63) is 35.4 Å². The van der Waals surface area contributed by atoms with E-state index in [1.807, 2.05) is 24.3 Å². The number of rotatable bonds is 4. The van der Waals surface area contributed by atoms with Gasteiger partial charge in [-0.1, -0.05) is 24.3 Å². The van der Waals surface area contributed by atoms with Crippen LogP contribution in [0.5, 0.6) is 0 Å². The van der Waals surface area contributed by atoms with Crippen molar-refractivity contribution in [2.45, 2.75) is 18.9 Å². The lowest BCUT2D eigenvalue weighted by molar-refractivity contribution is -0.146. The predicted octanol–water partition coefficient (Wildman–Crippen LogP) is -0.0369. The van der Waals surface area contributed by atoms with E-state index in [9.17, 15) is 9.59 Å². The molecule has 96 valence electrons. The molecule has 1 aromatic rings. The Morgan fingerprint density at radius 3 is 2.33 bits per heavy atom. The molecule has 5 nitrogen and oxygen atoms in total. The van der Waals surface area contributed by atoms with Crippen LogP contribution in [0.4, 0.5) is 0 Å². The minimum atomic E-state index is -1.54. The summed E-state index contributed by atoms with van der Waals surface area (Å²) in [4.78, 5) is 22.2. The number of aliphatic hydroxyl groups is 1. The van der Waals surface area contributed by atoms with Gasteiger partial charge in [0.25, 0.3) is 0 Å². The first-order chi connectivity index (χ1) is 8.58. The van der Waals surface area contributed by atoms with Crippen LogP contribution in [0.2, 0.25) is 0 Å². The number of nitrogens with one attached hydrogen (secondary N) is 1. The molecule has 0 saturated heterocycles. The lowest BCUT2D eigenvalue weighted by atomic mass is 10.1. The van der Waals surface area contributed by atoms with E-state index in [-0.39, 0.29) is 18.4 Å². The molecule has 1 aliphatic carbocycles. The molecule has 0 spiro atoms. The maximum atomic E-state index is 11.8. The van der Waals surface area contributed by atoms with Gasteiger partial charge < -0.3 is 15.5 Å². The van der Waals surface area contributed by atoms with Crippen molar-refractivity contribution in [2.75, 3.05) is 6.54 Å². The average Bonchev–Trinajstić information content (AvgIpc) is 2.79. The van der Waals surface area contributed by atoms with Gasteiger partial charge in [0.2, 0.25) is 5.91 Å². The van der Waals surface area contributed by atoms with Gasteiger partial charge in [-0.3, -0.25) is 4.79 Å². The molecule has 1 aliphatic rings. The van der Waals surface area contributed by atoms with Gasteiger partial charge in [-0.25, -0.2) is 4.79 Å². The molecule has 0 saturated carbocycles. The summed E-state index contributed by atoms with van der Waals surface area (Å²) in [6.45, 7) is -0.249. The summed E-state index contributed by atoms with van der Waals surface area (Å²) in [5.41, 5.74) is 2.33. The molecule has 0 heterocycles. The van der Waals surface area contributed by atoms with E-state index in [0.29, 0.717) is 12.8 Å². The predicted molar refractivity (Wildman–Crippen MR) is 64.0 cm³/mol. The zero-order valence-corrected chi connectivity index (χ0v) is 9.80. The number of fused-ring (bicyclic) bond motifs is 1. The Morgan fingerprint density at radius 2 is 1.83 bits per heavy atom. The second-order valence-electron chi connectivity index (χ2n) is 4.47. The summed E-state index contributed by atoms with van der Waals surface area (Å²) in [5, 5.41) is 20.0. The van der Waals surface area contributed by atoms with Gasteiger partial charge in [0, 0.05) is 5.92 Å². The molecular weight excluding hydrogens is 234 g/mol. The Kier molecular flexibility index (Phi) is 3.62. The normalized spacial score (nSPS) is 16.1. The summed E-state index contributed by atoms with van der Waals surface area (Å²) in [6.07, 6.45) is -0.200. The standard InChI is InChI=1S/C13H15NO4/c15-11(13(17)18)7-14-12(16)10-5-8-3-1-2-4-9(8)6-10/h1-4,10-11,15H,5-7H2,(H,14,16)(H,17,18). The monoisotopic (exact) mass is 249 g/mol. The lowest BCUT2D eigenvalue weighted by Crippen LogP contribution is -2.39. The van der Waals surface area contributed by atoms with Crippen LogP contribution < -0.4 is 5.32 Å². The number of carboxylic acids is 1. The Morgan fingerprint density at radius 1 is 1.28 bits per heavy atom. The van der Waals surface area contributed by atoms with Gasteiger partial charge in [0.1, 0.15) is 0 Å². The number of benzene rings is 1. The van der Waals surface area contributed by atoms with Crippen LogP contribution in [0.3, 0.4) is 0 Å². The van der Waals surface area contributed by atoms with Crippen LogP contribution in [0.15, 0.2) is 24.3 Å². The largest absolute Gasteiger partial charge is 0.479 e. The SMILES string of the molecule is O=C(O)C(O)CNC(=O)C1Cc2ccccc2C1. The molecule has 1 amide bonds. The van der Waals surface area contributed by atoms with Crippen LogP contribution in [0.25, 0.3) is 0 Å². The third-order valence-electron chi connectivity index (χ3n) is 3.18. The van der Waals surface area contributed by atoms with E-state index in [1.54, 1.807) is 0 Å². The molecule has 0 bridgehead atoms. The quantitative estimate of drug-likeness (QED) is 0.699. The number of carboxylic acid groups (broad SMARTS) is 1. The topological polar surface area (TPSA) is 86.6 Å². The zero-order chi connectivity index (χ0) is 13.1. The first-order valence-corrected chi connectivity index (χ1v) is 5.83. The summed E-state index contributed by atoms with van der Waals surface area (Å²) in [6, 6.07) is 7.87. The molecule has 0 aromatic heterocycles. The highest BCUT2D eigenvalue weighted by Crippen LogP contribution is 2.26. The highest BCUT2D eigenvalue weighted by molar-refractivity contribution is 5.81. The third-order valence-corrected chi connectivity index (χ3v) is 3.18. The first-order valence-electron chi connectivity index (χ1n) is 5.83. The molecule has 3 N–H and O–H groups in total. The van der Waals surface area contributed by atoms with Crippen molar-refractivity contribution in [2.24, 2.45) is 5.92 Å². The van der Waals surface area contributed by atoms with Crippen LogP contribution >= 0.6 is 0 Å². The van der Waals surface area contributed by atoms with Crippen LogP contribution in [-0.2, 0) is 22.4 Å². The lowest BCUT2D eigenvalue weighted by Gasteiger charge is -2.11. The molecule has 1 aromatic carbocycles. The molecule has 18 heavy (non-hydrogen) atoms. The Balaban J connectivity index is 1.88. The van der Waals surface area contributed by atoms with Gasteiger partial charge in [-0.15, -0.1) is 0 Å². The highest BCUT2D eigenvalue weighted by Gasteiger charge is 2.27. The van der Waals surface area contributed by atoms with E-state index in [2.05, 4.69) is 5.32 Å². The van der Waals surface area contributed by atoms with E-state index >= 15 is 0 Å². The second kappa shape index (κ2) is 5.18. The minimum absolute atomic E-state index is 0.164. The first kappa shape index (κ1) is 12.6. The average molecular weight is 249 g/mol. The fraction of sp³-hybridized carbons (Fsp3) is 0.385. The van der Waals surface area contributed by atoms with Crippen molar-refractivity contribution in [3.63, 3.8) is 0 Å². The fourth-order valence-electron chi connectivity index (χ4n) is 2.17. The Hall–Kier alpha value is -1.88. The fourth-order valence-corrected chi connectivity index (χ4v) is 2.17. The van der Waals surface area contributed by atoms with Crippen molar-refractivity contribution < 1.29 is 19.8 Å². The number of hydrogen-bond donors (Lipinski definition) is 3. The smallest absolute Gasteiger partial charge is 0.334 e. The molecule has 2 rings (SSSR count). The van der Waals surface area contributed by atoms with Gasteiger partial charge in [-0.05, 0) is 24.0 Å². The Labute approximate surface area is 104 Å². The van der Waals surface area contributed by atoms with Crippen LogP contribution in [-0.4, -0.2) is 34.7 Å². The number of carbonyl (C=O) groups excluding carboxylic acids is 1. The summed E-state index contributed by atoms with van der Waals surface area (Å²) < 4.78 is 0. The van der Waals surface area contributed by atoms with Crippen LogP contribution in [0, 0.1) is 5.92 Å². The number of aliphatic hydroxyl groups excluding tert-OH is 1. The zero-order valence-electron chi connectivity index (χ0n) is 9.80. The van der Waals surface area contributed by atoms with Crippen molar-refractivity contribution in [1.82, 2.24) is 5.32 Å². The summed E-state index contributed by atoms with van der Waals surface area (Å²) in [7, 11) is 0. The Bertz CT molecular complexity index is 447. The van der Waals surface area contributed by atoms with E-state index in [4.69, 9.17) is 10.2 Å². The van der Waals surface area contributed by atoms with Crippen molar-refractivity contribution >= 4 is 11.9 Å². The molecule has 1 unspecified atom stereocenters. The molecule has 0 radical (unpaired) electrons. The van der Waals surface area contributed by atoms with E-state index in [1.165, 1.54) is 0 Å². The third kappa shape index (κ3) is 2.68. The summed E-state index contributed by atoms with van der Waals surface area (Å²) >= 11 is 0. The maximum Gasteiger partial charge on any atom is 0.334 e. The van der Waals surface area contributed by atoms with E-state index < -0.39 is 12.1 Å². The van der Waals surface area contributed by atoms with Crippen molar-refractivity contribution in [1.29, 1.82) is 0 Å². The van der Waals surface area contributed by atoms with E-state index in [0.717, 1.165) is 11.1 Å². The maximum absolute atomic E-state index is 11.8. The highest BCUT2D eigenvalue weighted by atomic mass is 16.4. The number of carbonyl (C=O) groups is 2. The molecule has 5 heteroatoms. The van der Waals surface area contributed by atoms with Crippen LogP contribution in [0.1, 0.15) is 11.1 Å². The van der Waals surface area contributed by atoms with Gasteiger partial charge >= 0.3 is 5.97 Å². The van der Waals surface area contributed by atoms with Gasteiger partial charge in [0.05, 0.1) is 6.54 Å². The van der Waals surface area contributed by atoms with Crippen molar-refractivity contribution in [3.8, 4) is 0 Å². The molecular formula is C13H15NO4. The number of hydrogen-bond acceptors (Lipinski definition) is 3. The number of amides is 1.